The van der Waals surface area contributed by atoms with Crippen LogP contribution in [-0.4, -0.2) is 26.8 Å². The Kier molecular flexibility index (Phi) is 4.72. The number of hydrogen-bond acceptors (Lipinski definition) is 2. The Morgan fingerprint density at radius 2 is 1.85 bits per heavy atom. The van der Waals surface area contributed by atoms with Crippen molar-refractivity contribution in [1.29, 1.82) is 0 Å². The first-order valence-corrected chi connectivity index (χ1v) is 8.86. The van der Waals surface area contributed by atoms with Crippen LogP contribution in [0.3, 0.4) is 0 Å². The Balaban J connectivity index is 2.03. The van der Waals surface area contributed by atoms with E-state index in [1.807, 2.05) is 65.1 Å². The van der Waals surface area contributed by atoms with E-state index in [1.165, 1.54) is 0 Å². The molecule has 0 atom stereocenters. The van der Waals surface area contributed by atoms with Crippen molar-refractivity contribution in [2.24, 2.45) is 0 Å². The molecular formula is C21H25N3O2. The fourth-order valence-corrected chi connectivity index (χ4v) is 3.38. The second kappa shape index (κ2) is 6.83. The molecule has 5 heteroatoms. The summed E-state index contributed by atoms with van der Waals surface area (Å²) in [5.41, 5.74) is 4.97. The first-order chi connectivity index (χ1) is 12.3. The maximum absolute atomic E-state index is 13.3. The van der Waals surface area contributed by atoms with Gasteiger partial charge in [-0.15, -0.1) is 0 Å². The summed E-state index contributed by atoms with van der Waals surface area (Å²) >= 11 is 0. The maximum atomic E-state index is 13.3. The van der Waals surface area contributed by atoms with Gasteiger partial charge in [-0.1, -0.05) is 6.07 Å². The van der Waals surface area contributed by atoms with E-state index in [2.05, 4.69) is 9.97 Å². The van der Waals surface area contributed by atoms with Crippen LogP contribution in [0.5, 0.6) is 0 Å². The lowest BCUT2D eigenvalue weighted by Gasteiger charge is -2.27. The molecule has 136 valence electrons. The van der Waals surface area contributed by atoms with Gasteiger partial charge in [-0.05, 0) is 63.9 Å². The lowest BCUT2D eigenvalue weighted by atomic mass is 10.0. The zero-order valence-electron chi connectivity index (χ0n) is 15.9. The van der Waals surface area contributed by atoms with Crippen molar-refractivity contribution in [2.75, 3.05) is 0 Å². The van der Waals surface area contributed by atoms with Crippen LogP contribution in [0.4, 0.5) is 0 Å². The molecule has 0 spiro atoms. The van der Waals surface area contributed by atoms with Gasteiger partial charge in [0.25, 0.3) is 11.5 Å². The SMILES string of the molecule is Cc1cc(C)c(CN(C(=O)c2ccc(C)c3[nH]ccc23)C(C)C)c(=O)[nH]1. The van der Waals surface area contributed by atoms with Crippen LogP contribution in [0.25, 0.3) is 10.9 Å². The molecule has 26 heavy (non-hydrogen) atoms. The van der Waals surface area contributed by atoms with Gasteiger partial charge in [0.15, 0.2) is 0 Å². The molecule has 0 fully saturated rings. The number of amides is 1. The summed E-state index contributed by atoms with van der Waals surface area (Å²) < 4.78 is 0. The molecule has 0 radical (unpaired) electrons. The number of hydrogen-bond donors (Lipinski definition) is 2. The molecule has 1 amide bonds. The number of nitrogens with zero attached hydrogens (tertiary/aromatic N) is 1. The minimum absolute atomic E-state index is 0.0297. The van der Waals surface area contributed by atoms with E-state index < -0.39 is 0 Å². The zero-order chi connectivity index (χ0) is 19.0. The van der Waals surface area contributed by atoms with Crippen molar-refractivity contribution in [2.45, 2.75) is 47.2 Å². The molecule has 0 bridgehead atoms. The maximum Gasteiger partial charge on any atom is 0.255 e. The average Bonchev–Trinajstić information content (AvgIpc) is 3.04. The molecule has 0 unspecified atom stereocenters. The summed E-state index contributed by atoms with van der Waals surface area (Å²) in [6.07, 6.45) is 1.85. The molecule has 0 saturated heterocycles. The van der Waals surface area contributed by atoms with Crippen LogP contribution < -0.4 is 5.56 Å². The second-order valence-electron chi connectivity index (χ2n) is 7.17. The minimum Gasteiger partial charge on any atom is -0.361 e. The number of nitrogens with one attached hydrogen (secondary N) is 2. The lowest BCUT2D eigenvalue weighted by molar-refractivity contribution is 0.0691. The number of benzene rings is 1. The third kappa shape index (κ3) is 3.17. The van der Waals surface area contributed by atoms with Gasteiger partial charge in [-0.25, -0.2) is 0 Å². The summed E-state index contributed by atoms with van der Waals surface area (Å²) in [5, 5.41) is 0.912. The largest absolute Gasteiger partial charge is 0.361 e. The standard InChI is InChI=1S/C21H25N3O2/c1-12(2)24(11-18-14(4)10-15(5)23-20(18)25)21(26)17-7-6-13(3)19-16(17)8-9-22-19/h6-10,12,22H,11H2,1-5H3,(H,23,25). The van der Waals surface area contributed by atoms with E-state index in [1.54, 1.807) is 4.90 Å². The molecular weight excluding hydrogens is 326 g/mol. The van der Waals surface area contributed by atoms with Crippen molar-refractivity contribution in [3.63, 3.8) is 0 Å². The number of rotatable bonds is 4. The topological polar surface area (TPSA) is 69.0 Å². The van der Waals surface area contributed by atoms with Crippen molar-refractivity contribution in [3.05, 3.63) is 68.8 Å². The molecule has 0 saturated carbocycles. The molecule has 5 nitrogen and oxygen atoms in total. The molecule has 0 aliphatic heterocycles. The number of aromatic amines is 2. The van der Waals surface area contributed by atoms with E-state index in [-0.39, 0.29) is 24.1 Å². The number of pyridine rings is 1. The van der Waals surface area contributed by atoms with Gasteiger partial charge >= 0.3 is 0 Å². The molecule has 0 aliphatic carbocycles. The van der Waals surface area contributed by atoms with Crippen molar-refractivity contribution < 1.29 is 4.79 Å². The van der Waals surface area contributed by atoms with Crippen LogP contribution in [0, 0.1) is 20.8 Å². The molecule has 2 heterocycles. The molecule has 0 aliphatic rings. The second-order valence-corrected chi connectivity index (χ2v) is 7.17. The first-order valence-electron chi connectivity index (χ1n) is 8.86. The Bertz CT molecular complexity index is 1030. The van der Waals surface area contributed by atoms with Crippen LogP contribution in [-0.2, 0) is 6.54 Å². The highest BCUT2D eigenvalue weighted by Gasteiger charge is 2.23. The van der Waals surface area contributed by atoms with Gasteiger partial charge in [-0.3, -0.25) is 9.59 Å². The average molecular weight is 351 g/mol. The number of carbonyl (C=O) groups excluding carboxylic acids is 1. The number of aryl methyl sites for hydroxylation is 3. The summed E-state index contributed by atoms with van der Waals surface area (Å²) in [7, 11) is 0. The summed E-state index contributed by atoms with van der Waals surface area (Å²) in [6, 6.07) is 7.66. The fraction of sp³-hybridized carbons (Fsp3) is 0.333. The molecule has 2 N–H and O–H groups in total. The number of carbonyl (C=O) groups is 1. The summed E-state index contributed by atoms with van der Waals surface area (Å²) in [6.45, 7) is 10.0. The number of H-pyrrole nitrogens is 2. The normalized spacial score (nSPS) is 11.3. The third-order valence-corrected chi connectivity index (χ3v) is 4.87. The van der Waals surface area contributed by atoms with E-state index in [9.17, 15) is 9.59 Å². The number of fused-ring (bicyclic) bond motifs is 1. The zero-order valence-corrected chi connectivity index (χ0v) is 15.9. The van der Waals surface area contributed by atoms with Gasteiger partial charge in [0, 0.05) is 40.0 Å². The van der Waals surface area contributed by atoms with Crippen LogP contribution in [0.15, 0.2) is 35.3 Å². The highest BCUT2D eigenvalue weighted by atomic mass is 16.2. The van der Waals surface area contributed by atoms with E-state index in [0.29, 0.717) is 11.1 Å². The van der Waals surface area contributed by atoms with Crippen LogP contribution in [0.1, 0.15) is 46.6 Å². The smallest absolute Gasteiger partial charge is 0.255 e. The van der Waals surface area contributed by atoms with Gasteiger partial charge < -0.3 is 14.9 Å². The molecule has 3 rings (SSSR count). The monoisotopic (exact) mass is 351 g/mol. The highest BCUT2D eigenvalue weighted by Crippen LogP contribution is 2.24. The quantitative estimate of drug-likeness (QED) is 0.750. The predicted molar refractivity (Wildman–Crippen MR) is 105 cm³/mol. The van der Waals surface area contributed by atoms with E-state index in [4.69, 9.17) is 0 Å². The van der Waals surface area contributed by atoms with Crippen molar-refractivity contribution >= 4 is 16.8 Å². The van der Waals surface area contributed by atoms with Crippen LogP contribution in [0.2, 0.25) is 0 Å². The summed E-state index contributed by atoms with van der Waals surface area (Å²) in [4.78, 5) is 33.5. The Hall–Kier alpha value is -2.82. The Morgan fingerprint density at radius 3 is 2.50 bits per heavy atom. The molecule has 3 aromatic rings. The van der Waals surface area contributed by atoms with Crippen molar-refractivity contribution in [1.82, 2.24) is 14.9 Å². The highest BCUT2D eigenvalue weighted by molar-refractivity contribution is 6.07. The predicted octanol–water partition coefficient (Wildman–Crippen LogP) is 3.83. The first kappa shape index (κ1) is 18.0. The Morgan fingerprint density at radius 1 is 1.12 bits per heavy atom. The van der Waals surface area contributed by atoms with E-state index in [0.717, 1.165) is 27.7 Å². The van der Waals surface area contributed by atoms with Gasteiger partial charge in [0.05, 0.1) is 6.54 Å². The lowest BCUT2D eigenvalue weighted by Crippen LogP contribution is -2.38. The Labute approximate surface area is 153 Å². The van der Waals surface area contributed by atoms with E-state index >= 15 is 0 Å². The van der Waals surface area contributed by atoms with Gasteiger partial charge in [-0.2, -0.15) is 0 Å². The van der Waals surface area contributed by atoms with Crippen LogP contribution >= 0.6 is 0 Å². The number of aromatic nitrogens is 2. The minimum atomic E-state index is -0.128. The fourth-order valence-electron chi connectivity index (χ4n) is 3.38. The van der Waals surface area contributed by atoms with Crippen molar-refractivity contribution in [3.8, 4) is 0 Å². The molecule has 2 aromatic heterocycles. The van der Waals surface area contributed by atoms with Gasteiger partial charge in [0.1, 0.15) is 0 Å². The molecule has 1 aromatic carbocycles. The summed E-state index contributed by atoms with van der Waals surface area (Å²) in [5.74, 6) is -0.0658. The van der Waals surface area contributed by atoms with Gasteiger partial charge in [0.2, 0.25) is 0 Å². The third-order valence-electron chi connectivity index (χ3n) is 4.87.